The van der Waals surface area contributed by atoms with Crippen molar-refractivity contribution < 1.29 is 5.11 Å². The number of rotatable bonds is 4. The molecule has 1 aromatic rings. The summed E-state index contributed by atoms with van der Waals surface area (Å²) in [6, 6.07) is 5.65. The predicted molar refractivity (Wildman–Crippen MR) is 79.4 cm³/mol. The molecule has 5 heteroatoms. The molecule has 1 unspecified atom stereocenters. The van der Waals surface area contributed by atoms with Gasteiger partial charge in [-0.15, -0.1) is 0 Å². The van der Waals surface area contributed by atoms with Gasteiger partial charge >= 0.3 is 0 Å². The number of hydrogen-bond donors (Lipinski definition) is 2. The van der Waals surface area contributed by atoms with Crippen molar-refractivity contribution in [1.29, 1.82) is 0 Å². The Bertz CT molecular complexity index is 453. The largest absolute Gasteiger partial charge is 0.396 e. The van der Waals surface area contributed by atoms with Crippen molar-refractivity contribution in [2.45, 2.75) is 12.8 Å². The zero-order valence-corrected chi connectivity index (χ0v) is 11.7. The normalized spacial score (nSPS) is 19.2. The summed E-state index contributed by atoms with van der Waals surface area (Å²) < 4.78 is 0. The van der Waals surface area contributed by atoms with Gasteiger partial charge in [0.1, 0.15) is 4.99 Å². The molecule has 0 aliphatic carbocycles. The molecule has 1 heterocycles. The molecule has 18 heavy (non-hydrogen) atoms. The highest BCUT2D eigenvalue weighted by atomic mass is 35.5. The number of nitrogens with zero attached hydrogens (tertiary/aromatic N) is 1. The summed E-state index contributed by atoms with van der Waals surface area (Å²) in [7, 11) is 0. The van der Waals surface area contributed by atoms with Gasteiger partial charge in [0.05, 0.1) is 0 Å². The highest BCUT2D eigenvalue weighted by Crippen LogP contribution is 2.30. The van der Waals surface area contributed by atoms with Crippen LogP contribution in [0.5, 0.6) is 0 Å². The van der Waals surface area contributed by atoms with Crippen LogP contribution >= 0.6 is 23.8 Å². The number of hydrogen-bond acceptors (Lipinski definition) is 3. The van der Waals surface area contributed by atoms with E-state index < -0.39 is 0 Å². The molecule has 0 aromatic heterocycles. The molecule has 1 aliphatic heterocycles. The SMILES string of the molecule is NC(=S)c1cc(Cl)ccc1N1CCC(CCO)C1. The summed E-state index contributed by atoms with van der Waals surface area (Å²) in [6.07, 6.45) is 1.95. The quantitative estimate of drug-likeness (QED) is 0.832. The summed E-state index contributed by atoms with van der Waals surface area (Å²) in [4.78, 5) is 2.64. The number of thiocarbonyl (C=S) groups is 1. The summed E-state index contributed by atoms with van der Waals surface area (Å²) >= 11 is 11.1. The first-order chi connectivity index (χ1) is 8.61. The second-order valence-corrected chi connectivity index (χ2v) is 5.51. The van der Waals surface area contributed by atoms with E-state index >= 15 is 0 Å². The molecule has 1 fully saturated rings. The number of benzene rings is 1. The van der Waals surface area contributed by atoms with Crippen LogP contribution in [0.1, 0.15) is 18.4 Å². The molecule has 3 nitrogen and oxygen atoms in total. The summed E-state index contributed by atoms with van der Waals surface area (Å²) in [5.74, 6) is 0.546. The summed E-state index contributed by atoms with van der Waals surface area (Å²) in [6.45, 7) is 2.17. The van der Waals surface area contributed by atoms with Crippen molar-refractivity contribution >= 4 is 34.5 Å². The van der Waals surface area contributed by atoms with Crippen LogP contribution < -0.4 is 10.6 Å². The Morgan fingerprint density at radius 1 is 1.56 bits per heavy atom. The van der Waals surface area contributed by atoms with Crippen molar-refractivity contribution in [1.82, 2.24) is 0 Å². The van der Waals surface area contributed by atoms with E-state index in [2.05, 4.69) is 4.90 Å². The van der Waals surface area contributed by atoms with Crippen molar-refractivity contribution in [3.63, 3.8) is 0 Å². The standard InChI is InChI=1S/C13H17ClN2OS/c14-10-1-2-12(11(7-10)13(15)18)16-5-3-9(8-16)4-6-17/h1-2,7,9,17H,3-6,8H2,(H2,15,18). The zero-order valence-electron chi connectivity index (χ0n) is 10.1. The van der Waals surface area contributed by atoms with Crippen LogP contribution in [0.2, 0.25) is 5.02 Å². The molecule has 98 valence electrons. The third-order valence-electron chi connectivity index (χ3n) is 3.39. The van der Waals surface area contributed by atoms with Gasteiger partial charge in [0, 0.05) is 36.0 Å². The second kappa shape index (κ2) is 5.87. The van der Waals surface area contributed by atoms with E-state index in [0.717, 1.165) is 37.2 Å². The van der Waals surface area contributed by atoms with Crippen LogP contribution in [0.25, 0.3) is 0 Å². The van der Waals surface area contributed by atoms with Crippen LogP contribution in [0.15, 0.2) is 18.2 Å². The molecule has 0 amide bonds. The fraction of sp³-hybridized carbons (Fsp3) is 0.462. The van der Waals surface area contributed by atoms with E-state index in [1.165, 1.54) is 0 Å². The Balaban J connectivity index is 2.21. The molecular formula is C13H17ClN2OS. The first kappa shape index (κ1) is 13.6. The highest BCUT2D eigenvalue weighted by Gasteiger charge is 2.24. The molecule has 0 saturated carbocycles. The molecule has 0 spiro atoms. The van der Waals surface area contributed by atoms with Gasteiger partial charge in [-0.05, 0) is 37.0 Å². The lowest BCUT2D eigenvalue weighted by atomic mass is 10.1. The zero-order chi connectivity index (χ0) is 13.1. The Hall–Kier alpha value is -0.840. The van der Waals surface area contributed by atoms with E-state index in [9.17, 15) is 0 Å². The third-order valence-corrected chi connectivity index (χ3v) is 3.84. The minimum Gasteiger partial charge on any atom is -0.396 e. The van der Waals surface area contributed by atoms with Crippen LogP contribution in [0, 0.1) is 5.92 Å². The smallest absolute Gasteiger partial charge is 0.106 e. The Morgan fingerprint density at radius 3 is 3.00 bits per heavy atom. The van der Waals surface area contributed by atoms with Crippen LogP contribution in [-0.2, 0) is 0 Å². The Kier molecular flexibility index (Phi) is 4.43. The van der Waals surface area contributed by atoms with Gasteiger partial charge in [-0.1, -0.05) is 23.8 Å². The maximum Gasteiger partial charge on any atom is 0.106 e. The fourth-order valence-electron chi connectivity index (χ4n) is 2.45. The van der Waals surface area contributed by atoms with Crippen molar-refractivity contribution in [2.75, 3.05) is 24.6 Å². The van der Waals surface area contributed by atoms with Crippen molar-refractivity contribution in [3.8, 4) is 0 Å². The topological polar surface area (TPSA) is 49.5 Å². The Morgan fingerprint density at radius 2 is 2.33 bits per heavy atom. The van der Waals surface area contributed by atoms with Crippen molar-refractivity contribution in [2.24, 2.45) is 11.7 Å². The number of aliphatic hydroxyl groups is 1. The second-order valence-electron chi connectivity index (χ2n) is 4.64. The number of anilines is 1. The van der Waals surface area contributed by atoms with Gasteiger partial charge in [0.25, 0.3) is 0 Å². The van der Waals surface area contributed by atoms with Gasteiger partial charge in [0.2, 0.25) is 0 Å². The van der Waals surface area contributed by atoms with Gasteiger partial charge in [-0.3, -0.25) is 0 Å². The maximum atomic E-state index is 8.99. The van der Waals surface area contributed by atoms with Crippen LogP contribution in [0.3, 0.4) is 0 Å². The van der Waals surface area contributed by atoms with E-state index in [1.807, 2.05) is 18.2 Å². The lowest BCUT2D eigenvalue weighted by molar-refractivity contribution is 0.263. The van der Waals surface area contributed by atoms with Gasteiger partial charge in [-0.25, -0.2) is 0 Å². The van der Waals surface area contributed by atoms with Crippen molar-refractivity contribution in [3.05, 3.63) is 28.8 Å². The minimum absolute atomic E-state index is 0.251. The minimum atomic E-state index is 0.251. The molecule has 0 radical (unpaired) electrons. The molecule has 3 N–H and O–H groups in total. The van der Waals surface area contributed by atoms with Gasteiger partial charge in [0.15, 0.2) is 0 Å². The molecule has 1 atom stereocenters. The average Bonchev–Trinajstić information content (AvgIpc) is 2.78. The monoisotopic (exact) mass is 284 g/mol. The predicted octanol–water partition coefficient (Wildman–Crippen LogP) is 2.18. The number of nitrogens with two attached hydrogens (primary N) is 1. The summed E-state index contributed by atoms with van der Waals surface area (Å²) in [5.41, 5.74) is 7.63. The first-order valence-electron chi connectivity index (χ1n) is 6.07. The average molecular weight is 285 g/mol. The maximum absolute atomic E-state index is 8.99. The third kappa shape index (κ3) is 2.94. The van der Waals surface area contributed by atoms with E-state index in [0.29, 0.717) is 15.9 Å². The van der Waals surface area contributed by atoms with E-state index in [1.54, 1.807) is 0 Å². The lowest BCUT2D eigenvalue weighted by Gasteiger charge is -2.22. The summed E-state index contributed by atoms with van der Waals surface area (Å²) in [5, 5.41) is 9.63. The molecule has 1 aromatic carbocycles. The molecule has 1 saturated heterocycles. The number of aliphatic hydroxyl groups excluding tert-OH is 1. The van der Waals surface area contributed by atoms with Crippen LogP contribution in [-0.4, -0.2) is 29.8 Å². The van der Waals surface area contributed by atoms with E-state index in [4.69, 9.17) is 34.7 Å². The molecule has 0 bridgehead atoms. The van der Waals surface area contributed by atoms with Gasteiger partial charge < -0.3 is 15.7 Å². The molecular weight excluding hydrogens is 268 g/mol. The Labute approximate surface area is 118 Å². The van der Waals surface area contributed by atoms with Crippen LogP contribution in [0.4, 0.5) is 5.69 Å². The van der Waals surface area contributed by atoms with E-state index in [-0.39, 0.29) is 6.61 Å². The highest BCUT2D eigenvalue weighted by molar-refractivity contribution is 7.80. The first-order valence-corrected chi connectivity index (χ1v) is 6.85. The lowest BCUT2D eigenvalue weighted by Crippen LogP contribution is -2.24. The number of halogens is 1. The molecule has 2 rings (SSSR count). The van der Waals surface area contributed by atoms with Gasteiger partial charge in [-0.2, -0.15) is 0 Å². The molecule has 1 aliphatic rings. The fourth-order valence-corrected chi connectivity index (χ4v) is 2.79.